The summed E-state index contributed by atoms with van der Waals surface area (Å²) in [6.07, 6.45) is 5.87. The van der Waals surface area contributed by atoms with Crippen LogP contribution >= 0.6 is 0 Å². The zero-order chi connectivity index (χ0) is 13.9. The fourth-order valence-corrected chi connectivity index (χ4v) is 4.04. The highest BCUT2D eigenvalue weighted by atomic mass is 16.3. The number of rotatable bonds is 5. The molecule has 3 rings (SSSR count). The summed E-state index contributed by atoms with van der Waals surface area (Å²) >= 11 is 0. The number of aliphatic hydroxyl groups excluding tert-OH is 1. The van der Waals surface area contributed by atoms with Gasteiger partial charge >= 0.3 is 0 Å². The number of nitrogens with one attached hydrogen (secondary N) is 1. The molecule has 0 aromatic heterocycles. The van der Waals surface area contributed by atoms with Gasteiger partial charge in [-0.05, 0) is 42.6 Å². The van der Waals surface area contributed by atoms with Gasteiger partial charge in [-0.25, -0.2) is 0 Å². The average molecular weight is 273 g/mol. The Hall–Kier alpha value is -1.35. The Kier molecular flexibility index (Phi) is 4.06. The van der Waals surface area contributed by atoms with Gasteiger partial charge in [-0.1, -0.05) is 36.8 Å². The predicted molar refractivity (Wildman–Crippen MR) is 78.0 cm³/mol. The number of amides is 1. The van der Waals surface area contributed by atoms with Crippen molar-refractivity contribution in [2.75, 3.05) is 6.61 Å². The molecule has 20 heavy (non-hydrogen) atoms. The van der Waals surface area contributed by atoms with Crippen molar-refractivity contribution >= 4 is 5.91 Å². The molecule has 2 N–H and O–H groups in total. The van der Waals surface area contributed by atoms with Crippen molar-refractivity contribution in [3.63, 3.8) is 0 Å². The van der Waals surface area contributed by atoms with E-state index in [-0.39, 0.29) is 18.6 Å². The molecule has 2 aliphatic rings. The third kappa shape index (κ3) is 2.88. The highest BCUT2D eigenvalue weighted by molar-refractivity contribution is 5.76. The fraction of sp³-hybridized carbons (Fsp3) is 0.588. The van der Waals surface area contributed by atoms with Crippen LogP contribution in [-0.4, -0.2) is 17.6 Å². The Morgan fingerprint density at radius 1 is 1.25 bits per heavy atom. The average Bonchev–Trinajstić information content (AvgIpc) is 3.08. The molecule has 1 amide bonds. The number of aliphatic hydroxyl groups is 1. The molecule has 3 nitrogen and oxygen atoms in total. The molecule has 1 aromatic carbocycles. The Balaban J connectivity index is 1.55. The number of hydrogen-bond acceptors (Lipinski definition) is 2. The summed E-state index contributed by atoms with van der Waals surface area (Å²) in [4.78, 5) is 12.2. The van der Waals surface area contributed by atoms with E-state index >= 15 is 0 Å². The first-order valence-electron chi connectivity index (χ1n) is 7.71. The van der Waals surface area contributed by atoms with Gasteiger partial charge in [0.2, 0.25) is 5.91 Å². The van der Waals surface area contributed by atoms with Gasteiger partial charge in [-0.15, -0.1) is 0 Å². The van der Waals surface area contributed by atoms with Gasteiger partial charge in [0.05, 0.1) is 12.6 Å². The maximum Gasteiger partial charge on any atom is 0.220 e. The molecule has 2 saturated carbocycles. The van der Waals surface area contributed by atoms with Gasteiger partial charge in [0.15, 0.2) is 0 Å². The van der Waals surface area contributed by atoms with Crippen molar-refractivity contribution in [1.82, 2.24) is 5.32 Å². The number of fused-ring (bicyclic) bond motifs is 2. The van der Waals surface area contributed by atoms with E-state index in [1.54, 1.807) is 0 Å². The summed E-state index contributed by atoms with van der Waals surface area (Å²) in [7, 11) is 0. The van der Waals surface area contributed by atoms with Crippen LogP contribution in [0.5, 0.6) is 0 Å². The zero-order valence-corrected chi connectivity index (χ0v) is 11.8. The van der Waals surface area contributed by atoms with Gasteiger partial charge in [-0.3, -0.25) is 4.79 Å². The molecule has 2 bridgehead atoms. The lowest BCUT2D eigenvalue weighted by molar-refractivity contribution is -0.123. The molecule has 3 heteroatoms. The van der Waals surface area contributed by atoms with Crippen LogP contribution in [0.1, 0.15) is 43.7 Å². The lowest BCUT2D eigenvalue weighted by Crippen LogP contribution is -2.32. The van der Waals surface area contributed by atoms with E-state index in [0.717, 1.165) is 17.4 Å². The van der Waals surface area contributed by atoms with Crippen molar-refractivity contribution in [2.45, 2.75) is 38.1 Å². The number of carbonyl (C=O) groups excluding carboxylic acids is 1. The standard InChI is InChI=1S/C17H23NO2/c19-11-16(13-4-2-1-3-5-13)18-17(20)10-15-9-12-6-7-14(15)8-12/h1-5,12,14-16,19H,6-11H2,(H,18,20). The van der Waals surface area contributed by atoms with Crippen LogP contribution in [0.4, 0.5) is 0 Å². The molecule has 0 radical (unpaired) electrons. The summed E-state index contributed by atoms with van der Waals surface area (Å²) < 4.78 is 0. The first kappa shape index (κ1) is 13.6. The zero-order valence-electron chi connectivity index (χ0n) is 11.8. The van der Waals surface area contributed by atoms with Crippen molar-refractivity contribution in [3.05, 3.63) is 35.9 Å². The molecule has 0 aliphatic heterocycles. The van der Waals surface area contributed by atoms with Crippen molar-refractivity contribution in [1.29, 1.82) is 0 Å². The quantitative estimate of drug-likeness (QED) is 0.866. The first-order valence-corrected chi connectivity index (χ1v) is 7.71. The third-order valence-corrected chi connectivity index (χ3v) is 5.05. The van der Waals surface area contributed by atoms with Crippen LogP contribution in [0.25, 0.3) is 0 Å². The molecule has 4 unspecified atom stereocenters. The number of benzene rings is 1. The number of hydrogen-bond donors (Lipinski definition) is 2. The monoisotopic (exact) mass is 273 g/mol. The van der Waals surface area contributed by atoms with Gasteiger partial charge in [0.1, 0.15) is 0 Å². The predicted octanol–water partition coefficient (Wildman–Crippen LogP) is 2.66. The van der Waals surface area contributed by atoms with Crippen LogP contribution in [0.2, 0.25) is 0 Å². The summed E-state index contributed by atoms with van der Waals surface area (Å²) in [5.74, 6) is 2.31. The summed E-state index contributed by atoms with van der Waals surface area (Å²) in [5.41, 5.74) is 0.969. The van der Waals surface area contributed by atoms with E-state index in [0.29, 0.717) is 12.3 Å². The Morgan fingerprint density at radius 3 is 2.65 bits per heavy atom. The minimum atomic E-state index is -0.276. The van der Waals surface area contributed by atoms with Crippen LogP contribution in [0.3, 0.4) is 0 Å². The molecule has 1 aromatic rings. The van der Waals surface area contributed by atoms with E-state index in [1.165, 1.54) is 25.7 Å². The SMILES string of the molecule is O=C(CC1CC2CCC1C2)NC(CO)c1ccccc1. The van der Waals surface area contributed by atoms with Crippen LogP contribution in [0.15, 0.2) is 30.3 Å². The second kappa shape index (κ2) is 5.96. The van der Waals surface area contributed by atoms with E-state index < -0.39 is 0 Å². The molecule has 108 valence electrons. The topological polar surface area (TPSA) is 49.3 Å². The summed E-state index contributed by atoms with van der Waals surface area (Å²) in [6.45, 7) is -0.0491. The lowest BCUT2D eigenvalue weighted by atomic mass is 9.86. The normalized spacial score (nSPS) is 29.4. The van der Waals surface area contributed by atoms with Crippen molar-refractivity contribution in [2.24, 2.45) is 17.8 Å². The maximum absolute atomic E-state index is 12.2. The Morgan fingerprint density at radius 2 is 2.05 bits per heavy atom. The molecule has 0 spiro atoms. The first-order chi connectivity index (χ1) is 9.76. The van der Waals surface area contributed by atoms with Gasteiger partial charge < -0.3 is 10.4 Å². The van der Waals surface area contributed by atoms with E-state index in [1.807, 2.05) is 30.3 Å². The molecule has 0 saturated heterocycles. The van der Waals surface area contributed by atoms with Crippen LogP contribution < -0.4 is 5.32 Å². The minimum absolute atomic E-state index is 0.0491. The largest absolute Gasteiger partial charge is 0.394 e. The van der Waals surface area contributed by atoms with Crippen LogP contribution in [-0.2, 0) is 4.79 Å². The highest BCUT2D eigenvalue weighted by Gasteiger charge is 2.40. The van der Waals surface area contributed by atoms with Crippen molar-refractivity contribution < 1.29 is 9.90 Å². The van der Waals surface area contributed by atoms with Gasteiger partial charge in [0.25, 0.3) is 0 Å². The third-order valence-electron chi connectivity index (χ3n) is 5.05. The van der Waals surface area contributed by atoms with E-state index in [2.05, 4.69) is 5.32 Å². The summed E-state index contributed by atoms with van der Waals surface area (Å²) in [6, 6.07) is 9.41. The molecule has 2 fully saturated rings. The molecule has 4 atom stereocenters. The Labute approximate surface area is 120 Å². The van der Waals surface area contributed by atoms with Gasteiger partial charge in [0, 0.05) is 6.42 Å². The summed E-state index contributed by atoms with van der Waals surface area (Å²) in [5, 5.41) is 12.5. The molecular weight excluding hydrogens is 250 g/mol. The molecule has 2 aliphatic carbocycles. The number of carbonyl (C=O) groups is 1. The van der Waals surface area contributed by atoms with E-state index in [4.69, 9.17) is 0 Å². The van der Waals surface area contributed by atoms with Crippen molar-refractivity contribution in [3.8, 4) is 0 Å². The second-order valence-electron chi connectivity index (χ2n) is 6.35. The fourth-order valence-electron chi connectivity index (χ4n) is 4.04. The maximum atomic E-state index is 12.2. The van der Waals surface area contributed by atoms with E-state index in [9.17, 15) is 9.90 Å². The Bertz CT molecular complexity index is 459. The van der Waals surface area contributed by atoms with Gasteiger partial charge in [-0.2, -0.15) is 0 Å². The van der Waals surface area contributed by atoms with Crippen LogP contribution in [0, 0.1) is 17.8 Å². The minimum Gasteiger partial charge on any atom is -0.394 e. The smallest absolute Gasteiger partial charge is 0.220 e. The highest BCUT2D eigenvalue weighted by Crippen LogP contribution is 2.49. The second-order valence-corrected chi connectivity index (χ2v) is 6.35. The molecular formula is C17H23NO2. The molecule has 0 heterocycles. The lowest BCUT2D eigenvalue weighted by Gasteiger charge is -2.23.